The smallest absolute Gasteiger partial charge is 0.338 e. The summed E-state index contributed by atoms with van der Waals surface area (Å²) in [6, 6.07) is 20.1. The highest BCUT2D eigenvalue weighted by atomic mass is 79.9. The monoisotopic (exact) mass is 571 g/mol. The van der Waals surface area contributed by atoms with E-state index in [9.17, 15) is 13.6 Å². The van der Waals surface area contributed by atoms with Crippen molar-refractivity contribution in [3.63, 3.8) is 0 Å². The maximum absolute atomic E-state index is 13.5. The number of ether oxygens (including phenoxy) is 2. The number of hydrogen-bond acceptors (Lipinski definition) is 4. The molecular weight excluding hydrogens is 540 g/mol. The Morgan fingerprint density at radius 3 is 1.84 bits per heavy atom. The summed E-state index contributed by atoms with van der Waals surface area (Å²) >= 11 is 0. The molecule has 3 aromatic rings. The Hall–Kier alpha value is -3.03. The molecule has 1 heterocycles. The predicted octanol–water partition coefficient (Wildman–Crippen LogP) is 7.09. The maximum Gasteiger partial charge on any atom is 0.338 e. The number of esters is 1. The van der Waals surface area contributed by atoms with Gasteiger partial charge in [0.15, 0.2) is 0 Å². The topological polar surface area (TPSA) is 38.8 Å². The Bertz CT molecular complexity index is 1120. The van der Waals surface area contributed by atoms with Gasteiger partial charge in [0.25, 0.3) is 0 Å². The van der Waals surface area contributed by atoms with Crippen LogP contribution in [0.2, 0.25) is 0 Å². The molecule has 0 aromatic heterocycles. The van der Waals surface area contributed by atoms with Crippen molar-refractivity contribution < 1.29 is 23.0 Å². The average molecular weight is 572 g/mol. The molecule has 0 amide bonds. The van der Waals surface area contributed by atoms with Crippen molar-refractivity contribution in [3.8, 4) is 5.75 Å². The Labute approximate surface area is 227 Å². The van der Waals surface area contributed by atoms with Crippen LogP contribution in [0.5, 0.6) is 5.75 Å². The number of likely N-dealkylation sites (tertiary alicyclic amines) is 1. The highest BCUT2D eigenvalue weighted by molar-refractivity contribution is 8.93. The first-order valence-corrected chi connectivity index (χ1v) is 12.4. The third-order valence-corrected chi connectivity index (χ3v) is 6.33. The summed E-state index contributed by atoms with van der Waals surface area (Å²) in [7, 11) is 0. The van der Waals surface area contributed by atoms with Crippen LogP contribution in [0.3, 0.4) is 0 Å². The van der Waals surface area contributed by atoms with Crippen molar-refractivity contribution in [2.24, 2.45) is 0 Å². The molecule has 0 saturated carbocycles. The molecule has 0 aliphatic carbocycles. The largest absolute Gasteiger partial charge is 0.494 e. The predicted molar refractivity (Wildman–Crippen MR) is 147 cm³/mol. The van der Waals surface area contributed by atoms with Crippen LogP contribution in [0.4, 0.5) is 8.78 Å². The zero-order chi connectivity index (χ0) is 25.3. The maximum atomic E-state index is 13.5. The van der Waals surface area contributed by atoms with Crippen molar-refractivity contribution >= 4 is 28.5 Å². The quantitative estimate of drug-likeness (QED) is 0.203. The molecule has 1 aliphatic heterocycles. The molecule has 196 valence electrons. The summed E-state index contributed by atoms with van der Waals surface area (Å²) in [6.07, 6.45) is 2.70. The number of rotatable bonds is 9. The van der Waals surface area contributed by atoms with Crippen LogP contribution in [-0.2, 0) is 4.74 Å². The van der Waals surface area contributed by atoms with Crippen LogP contribution in [0.15, 0.2) is 78.4 Å². The molecule has 0 spiro atoms. The van der Waals surface area contributed by atoms with E-state index >= 15 is 0 Å². The lowest BCUT2D eigenvalue weighted by atomic mass is 9.88. The van der Waals surface area contributed by atoms with Gasteiger partial charge in [-0.3, -0.25) is 0 Å². The lowest BCUT2D eigenvalue weighted by molar-refractivity contribution is 0.0526. The zero-order valence-electron chi connectivity index (χ0n) is 20.9. The summed E-state index contributed by atoms with van der Waals surface area (Å²) in [5.41, 5.74) is 4.80. The van der Waals surface area contributed by atoms with Gasteiger partial charge in [0.05, 0.1) is 18.8 Å². The molecule has 3 aromatic carbocycles. The highest BCUT2D eigenvalue weighted by Gasteiger charge is 2.19. The normalized spacial score (nSPS) is 13.5. The molecule has 4 nitrogen and oxygen atoms in total. The summed E-state index contributed by atoms with van der Waals surface area (Å²) in [5, 5.41) is 0. The lowest BCUT2D eigenvalue weighted by Gasteiger charge is -2.30. The molecular formula is C30H32BrF2NO3. The van der Waals surface area contributed by atoms with Gasteiger partial charge in [0, 0.05) is 19.6 Å². The first-order chi connectivity index (χ1) is 17.5. The standard InChI is InChI=1S/C30H31F2NO3.BrH/c1-2-35-30(34)25-8-14-28(15-9-25)36-21-3-18-33-19-16-24(17-20-33)29(22-4-10-26(31)11-5-22)23-6-12-27(32)13-7-23;/h4-15H,2-3,16-21H2,1H3;1H. The van der Waals surface area contributed by atoms with Crippen LogP contribution in [0.25, 0.3) is 5.57 Å². The molecule has 0 N–H and O–H groups in total. The first kappa shape index (κ1) is 28.5. The minimum Gasteiger partial charge on any atom is -0.494 e. The van der Waals surface area contributed by atoms with Crippen LogP contribution < -0.4 is 4.74 Å². The second-order valence-corrected chi connectivity index (χ2v) is 8.78. The molecule has 0 radical (unpaired) electrons. The fourth-order valence-electron chi connectivity index (χ4n) is 4.48. The lowest BCUT2D eigenvalue weighted by Crippen LogP contribution is -2.32. The number of benzene rings is 3. The molecule has 0 atom stereocenters. The average Bonchev–Trinajstić information content (AvgIpc) is 2.90. The van der Waals surface area contributed by atoms with E-state index in [0.29, 0.717) is 18.8 Å². The summed E-state index contributed by atoms with van der Waals surface area (Å²) in [4.78, 5) is 14.2. The van der Waals surface area contributed by atoms with E-state index in [1.54, 1.807) is 55.5 Å². The number of nitrogens with zero attached hydrogens (tertiary/aromatic N) is 1. The van der Waals surface area contributed by atoms with Crippen molar-refractivity contribution in [1.29, 1.82) is 0 Å². The van der Waals surface area contributed by atoms with Crippen LogP contribution in [0, 0.1) is 11.6 Å². The fraction of sp³-hybridized carbons (Fsp3) is 0.300. The van der Waals surface area contributed by atoms with Crippen molar-refractivity contribution in [2.45, 2.75) is 26.2 Å². The van der Waals surface area contributed by atoms with Gasteiger partial charge in [-0.1, -0.05) is 29.8 Å². The fourth-order valence-corrected chi connectivity index (χ4v) is 4.48. The highest BCUT2D eigenvalue weighted by Crippen LogP contribution is 2.32. The Morgan fingerprint density at radius 2 is 1.32 bits per heavy atom. The molecule has 1 saturated heterocycles. The van der Waals surface area contributed by atoms with Gasteiger partial charge in [-0.2, -0.15) is 0 Å². The third-order valence-electron chi connectivity index (χ3n) is 6.33. The molecule has 1 aliphatic rings. The molecule has 0 bridgehead atoms. The molecule has 0 unspecified atom stereocenters. The SMILES string of the molecule is Br.CCOC(=O)c1ccc(OCCCN2CCC(=C(c3ccc(F)cc3)c3ccc(F)cc3)CC2)cc1. The molecule has 37 heavy (non-hydrogen) atoms. The summed E-state index contributed by atoms with van der Waals surface area (Å²) in [6.45, 7) is 5.51. The second-order valence-electron chi connectivity index (χ2n) is 8.78. The number of halogens is 3. The van der Waals surface area contributed by atoms with Crippen molar-refractivity contribution in [2.75, 3.05) is 32.8 Å². The van der Waals surface area contributed by atoms with Gasteiger partial charge in [-0.25, -0.2) is 13.6 Å². The van der Waals surface area contributed by atoms with E-state index < -0.39 is 0 Å². The van der Waals surface area contributed by atoms with Gasteiger partial charge < -0.3 is 14.4 Å². The zero-order valence-corrected chi connectivity index (χ0v) is 22.6. The van der Waals surface area contributed by atoms with Gasteiger partial charge in [-0.05, 0) is 91.4 Å². The van der Waals surface area contributed by atoms with Crippen molar-refractivity contribution in [3.05, 3.63) is 107 Å². The summed E-state index contributed by atoms with van der Waals surface area (Å²) in [5.74, 6) is -0.136. The van der Waals surface area contributed by atoms with E-state index in [2.05, 4.69) is 4.90 Å². The third kappa shape index (κ3) is 7.98. The number of carbonyl (C=O) groups is 1. The number of hydrogen-bond donors (Lipinski definition) is 0. The number of piperidine rings is 1. The van der Waals surface area contributed by atoms with Crippen LogP contribution in [-0.4, -0.2) is 43.7 Å². The second kappa shape index (κ2) is 14.1. The molecule has 7 heteroatoms. The van der Waals surface area contributed by atoms with Gasteiger partial charge in [-0.15, -0.1) is 17.0 Å². The van der Waals surface area contributed by atoms with E-state index in [4.69, 9.17) is 9.47 Å². The Kier molecular flexibility index (Phi) is 10.8. The first-order valence-electron chi connectivity index (χ1n) is 12.4. The minimum atomic E-state index is -0.329. The van der Waals surface area contributed by atoms with Gasteiger partial charge >= 0.3 is 5.97 Å². The van der Waals surface area contributed by atoms with E-state index in [1.807, 2.05) is 0 Å². The number of carbonyl (C=O) groups excluding carboxylic acids is 1. The Morgan fingerprint density at radius 1 is 0.811 bits per heavy atom. The Balaban J connectivity index is 0.00000380. The van der Waals surface area contributed by atoms with E-state index in [-0.39, 0.29) is 34.6 Å². The van der Waals surface area contributed by atoms with E-state index in [0.717, 1.165) is 61.3 Å². The van der Waals surface area contributed by atoms with Crippen LogP contribution >= 0.6 is 17.0 Å². The van der Waals surface area contributed by atoms with Crippen LogP contribution in [0.1, 0.15) is 47.7 Å². The molecule has 1 fully saturated rings. The van der Waals surface area contributed by atoms with E-state index in [1.165, 1.54) is 29.8 Å². The van der Waals surface area contributed by atoms with Crippen molar-refractivity contribution in [1.82, 2.24) is 4.90 Å². The molecule has 4 rings (SSSR count). The van der Waals surface area contributed by atoms with Gasteiger partial charge in [0.2, 0.25) is 0 Å². The summed E-state index contributed by atoms with van der Waals surface area (Å²) < 4.78 is 37.9. The van der Waals surface area contributed by atoms with Gasteiger partial charge in [0.1, 0.15) is 17.4 Å². The minimum absolute atomic E-state index is 0.